The van der Waals surface area contributed by atoms with Crippen LogP contribution >= 0.6 is 0 Å². The Labute approximate surface area is 123 Å². The van der Waals surface area contributed by atoms with Crippen LogP contribution in [0.5, 0.6) is 0 Å². The summed E-state index contributed by atoms with van der Waals surface area (Å²) in [7, 11) is 0. The third-order valence-corrected chi connectivity index (χ3v) is 4.05. The van der Waals surface area contributed by atoms with E-state index in [9.17, 15) is 9.59 Å². The maximum absolute atomic E-state index is 12.0. The molecule has 0 saturated carbocycles. The normalized spacial score (nSPS) is 17.3. The Morgan fingerprint density at radius 1 is 1.29 bits per heavy atom. The van der Waals surface area contributed by atoms with Crippen LogP contribution in [0, 0.1) is 5.92 Å². The van der Waals surface area contributed by atoms with Gasteiger partial charge in [0.05, 0.1) is 0 Å². The van der Waals surface area contributed by atoms with Crippen LogP contribution in [0.15, 0.2) is 18.2 Å². The molecule has 1 heterocycles. The number of amides is 2. The average molecular weight is 285 g/mol. The molecule has 1 atom stereocenters. The first-order valence-electron chi connectivity index (χ1n) is 7.25. The summed E-state index contributed by atoms with van der Waals surface area (Å²) in [4.78, 5) is 26.3. The van der Waals surface area contributed by atoms with Gasteiger partial charge in [-0.3, -0.25) is 20.4 Å². The number of carbonyl (C=O) groups is 2. The molecule has 2 amide bonds. The Kier molecular flexibility index (Phi) is 3.41. The van der Waals surface area contributed by atoms with E-state index in [4.69, 9.17) is 0 Å². The monoisotopic (exact) mass is 285 g/mol. The fourth-order valence-electron chi connectivity index (χ4n) is 2.95. The molecule has 2 aromatic rings. The lowest BCUT2D eigenvalue weighted by atomic mass is 9.87. The van der Waals surface area contributed by atoms with Gasteiger partial charge in [0.15, 0.2) is 0 Å². The number of rotatable bonds is 1. The van der Waals surface area contributed by atoms with Crippen LogP contribution in [0.1, 0.15) is 41.9 Å². The molecule has 3 rings (SSSR count). The largest absolute Gasteiger partial charge is 0.358 e. The number of aryl methyl sites for hydroxylation is 1. The van der Waals surface area contributed by atoms with Gasteiger partial charge in [0.1, 0.15) is 0 Å². The van der Waals surface area contributed by atoms with Gasteiger partial charge in [-0.15, -0.1) is 0 Å². The van der Waals surface area contributed by atoms with E-state index in [1.807, 2.05) is 12.1 Å². The molecule has 3 N–H and O–H groups in total. The van der Waals surface area contributed by atoms with E-state index >= 15 is 0 Å². The van der Waals surface area contributed by atoms with Crippen LogP contribution in [0.2, 0.25) is 0 Å². The van der Waals surface area contributed by atoms with Gasteiger partial charge in [-0.25, -0.2) is 0 Å². The van der Waals surface area contributed by atoms with Crippen molar-refractivity contribution in [1.82, 2.24) is 15.8 Å². The first kappa shape index (κ1) is 13.7. The van der Waals surface area contributed by atoms with Crippen molar-refractivity contribution in [3.8, 4) is 0 Å². The number of aromatic nitrogens is 1. The van der Waals surface area contributed by atoms with Gasteiger partial charge >= 0.3 is 0 Å². The predicted molar refractivity (Wildman–Crippen MR) is 80.8 cm³/mol. The molecule has 110 valence electrons. The van der Waals surface area contributed by atoms with Crippen LogP contribution in [0.4, 0.5) is 0 Å². The summed E-state index contributed by atoms with van der Waals surface area (Å²) in [5.41, 5.74) is 8.96. The quantitative estimate of drug-likeness (QED) is 0.702. The van der Waals surface area contributed by atoms with Crippen LogP contribution in [-0.4, -0.2) is 16.8 Å². The maximum Gasteiger partial charge on any atom is 0.269 e. The molecule has 5 nitrogen and oxygen atoms in total. The van der Waals surface area contributed by atoms with E-state index in [1.54, 1.807) is 6.07 Å². The topological polar surface area (TPSA) is 74.0 Å². The molecule has 0 bridgehead atoms. The standard InChI is InChI=1S/C16H19N3O2/c1-9-3-5-14-12(7-9)13-8-11(4-6-15(13)17-14)16(21)19-18-10(2)20/h4,6,8-9,17H,3,5,7H2,1-2H3,(H,18,20)(H,19,21)/t9-/m1/s1. The van der Waals surface area contributed by atoms with E-state index < -0.39 is 0 Å². The number of carbonyl (C=O) groups excluding carboxylic acids is 2. The van der Waals surface area contributed by atoms with Crippen molar-refractivity contribution in [3.05, 3.63) is 35.0 Å². The highest BCUT2D eigenvalue weighted by Crippen LogP contribution is 2.32. The fraction of sp³-hybridized carbons (Fsp3) is 0.375. The first-order valence-corrected chi connectivity index (χ1v) is 7.25. The molecule has 1 aromatic heterocycles. The molecule has 1 aliphatic carbocycles. The van der Waals surface area contributed by atoms with Gasteiger partial charge in [-0.2, -0.15) is 0 Å². The van der Waals surface area contributed by atoms with Crippen molar-refractivity contribution in [1.29, 1.82) is 0 Å². The van der Waals surface area contributed by atoms with Crippen LogP contribution in [-0.2, 0) is 17.6 Å². The lowest BCUT2D eigenvalue weighted by molar-refractivity contribution is -0.119. The van der Waals surface area contributed by atoms with Crippen molar-refractivity contribution in [3.63, 3.8) is 0 Å². The zero-order valence-electron chi connectivity index (χ0n) is 12.2. The molecule has 0 saturated heterocycles. The third kappa shape index (κ3) is 2.63. The molecular formula is C16H19N3O2. The molecule has 5 heteroatoms. The molecule has 1 aromatic carbocycles. The number of hydrogen-bond donors (Lipinski definition) is 3. The highest BCUT2D eigenvalue weighted by atomic mass is 16.2. The predicted octanol–water partition coefficient (Wildman–Crippen LogP) is 2.07. The van der Waals surface area contributed by atoms with Gasteiger partial charge in [0.25, 0.3) is 5.91 Å². The summed E-state index contributed by atoms with van der Waals surface area (Å²) >= 11 is 0. The van der Waals surface area contributed by atoms with Gasteiger partial charge < -0.3 is 4.98 Å². The van der Waals surface area contributed by atoms with Crippen molar-refractivity contribution >= 4 is 22.7 Å². The summed E-state index contributed by atoms with van der Waals surface area (Å²) in [5.74, 6) is 0.0801. The van der Waals surface area contributed by atoms with Crippen LogP contribution in [0.25, 0.3) is 10.9 Å². The minimum absolute atomic E-state index is 0.294. The zero-order chi connectivity index (χ0) is 15.0. The lowest BCUT2D eigenvalue weighted by Crippen LogP contribution is -2.40. The summed E-state index contributed by atoms with van der Waals surface area (Å²) in [6.45, 7) is 3.61. The molecule has 0 fully saturated rings. The van der Waals surface area contributed by atoms with Crippen molar-refractivity contribution in [2.45, 2.75) is 33.1 Å². The average Bonchev–Trinajstić information content (AvgIpc) is 2.81. The summed E-state index contributed by atoms with van der Waals surface area (Å²) in [6.07, 6.45) is 3.32. The minimum Gasteiger partial charge on any atom is -0.358 e. The number of hydrazine groups is 1. The van der Waals surface area contributed by atoms with E-state index in [-0.39, 0.29) is 11.8 Å². The smallest absolute Gasteiger partial charge is 0.269 e. The molecule has 0 aliphatic heterocycles. The van der Waals surface area contributed by atoms with Gasteiger partial charge in [0.2, 0.25) is 5.91 Å². The second kappa shape index (κ2) is 5.24. The summed E-state index contributed by atoms with van der Waals surface area (Å²) < 4.78 is 0. The zero-order valence-corrected chi connectivity index (χ0v) is 12.2. The minimum atomic E-state index is -0.300. The molecule has 21 heavy (non-hydrogen) atoms. The second-order valence-electron chi connectivity index (χ2n) is 5.83. The number of fused-ring (bicyclic) bond motifs is 3. The van der Waals surface area contributed by atoms with Crippen molar-refractivity contribution in [2.24, 2.45) is 5.92 Å². The maximum atomic E-state index is 12.0. The SMILES string of the molecule is CC(=O)NNC(=O)c1ccc2[nH]c3c(c2c1)C[C@H](C)CC3. The number of nitrogens with one attached hydrogen (secondary N) is 3. The van der Waals surface area contributed by atoms with Gasteiger partial charge in [-0.05, 0) is 48.9 Å². The van der Waals surface area contributed by atoms with E-state index in [1.165, 1.54) is 24.6 Å². The number of H-pyrrole nitrogens is 1. The number of hydrogen-bond acceptors (Lipinski definition) is 2. The summed E-state index contributed by atoms with van der Waals surface area (Å²) in [6, 6.07) is 5.60. The Morgan fingerprint density at radius 2 is 2.10 bits per heavy atom. The molecule has 0 radical (unpaired) electrons. The highest BCUT2D eigenvalue weighted by Gasteiger charge is 2.20. The van der Waals surface area contributed by atoms with E-state index in [2.05, 4.69) is 22.8 Å². The van der Waals surface area contributed by atoms with Crippen LogP contribution in [0.3, 0.4) is 0 Å². The molecular weight excluding hydrogens is 266 g/mol. The van der Waals surface area contributed by atoms with E-state index in [0.717, 1.165) is 23.7 Å². The Hall–Kier alpha value is -2.30. The Balaban J connectivity index is 1.94. The number of benzene rings is 1. The van der Waals surface area contributed by atoms with Crippen LogP contribution < -0.4 is 10.9 Å². The first-order chi connectivity index (χ1) is 10.0. The summed E-state index contributed by atoms with van der Waals surface area (Å²) in [5, 5.41) is 1.12. The van der Waals surface area contributed by atoms with E-state index in [0.29, 0.717) is 11.5 Å². The van der Waals surface area contributed by atoms with Crippen molar-refractivity contribution in [2.75, 3.05) is 0 Å². The lowest BCUT2D eigenvalue weighted by Gasteiger charge is -2.18. The molecule has 1 aliphatic rings. The fourth-order valence-corrected chi connectivity index (χ4v) is 2.95. The third-order valence-electron chi connectivity index (χ3n) is 4.05. The Morgan fingerprint density at radius 3 is 2.86 bits per heavy atom. The molecule has 0 unspecified atom stereocenters. The second-order valence-corrected chi connectivity index (χ2v) is 5.83. The highest BCUT2D eigenvalue weighted by molar-refractivity contribution is 5.99. The molecule has 0 spiro atoms. The Bertz CT molecular complexity index is 718. The number of aromatic amines is 1. The van der Waals surface area contributed by atoms with Crippen molar-refractivity contribution < 1.29 is 9.59 Å². The van der Waals surface area contributed by atoms with Gasteiger partial charge in [0, 0.05) is 29.1 Å². The van der Waals surface area contributed by atoms with Gasteiger partial charge in [-0.1, -0.05) is 6.92 Å².